The molecule has 0 amide bonds. The second-order valence-electron chi connectivity index (χ2n) is 5.74. The van der Waals surface area contributed by atoms with Gasteiger partial charge in [0.2, 0.25) is 0 Å². The van der Waals surface area contributed by atoms with E-state index in [1.165, 1.54) is 0 Å². The standard InChI is InChI=1S/C18H13NO4/c1-19-11-4-2-3-10(7-11)9-22-12-5-6-13-14(8-12)23-17-15(13)16(17)18(20)21/h2-8,15-17H,9H2,(H,20,21)/t15-,16-,17-/m1/s1. The van der Waals surface area contributed by atoms with Gasteiger partial charge in [-0.1, -0.05) is 24.3 Å². The van der Waals surface area contributed by atoms with Crippen LogP contribution in [0.3, 0.4) is 0 Å². The molecule has 3 atom stereocenters. The smallest absolute Gasteiger partial charge is 0.311 e. The zero-order valence-electron chi connectivity index (χ0n) is 12.1. The van der Waals surface area contributed by atoms with Crippen LogP contribution in [0.25, 0.3) is 4.85 Å². The maximum Gasteiger partial charge on any atom is 0.311 e. The zero-order chi connectivity index (χ0) is 16.0. The van der Waals surface area contributed by atoms with E-state index >= 15 is 0 Å². The van der Waals surface area contributed by atoms with E-state index in [0.717, 1.165) is 11.1 Å². The van der Waals surface area contributed by atoms with Crippen molar-refractivity contribution < 1.29 is 19.4 Å². The van der Waals surface area contributed by atoms with Crippen LogP contribution in [0.4, 0.5) is 5.69 Å². The summed E-state index contributed by atoms with van der Waals surface area (Å²) in [5, 5.41) is 9.07. The highest BCUT2D eigenvalue weighted by molar-refractivity contribution is 5.79. The van der Waals surface area contributed by atoms with Gasteiger partial charge in [-0.15, -0.1) is 0 Å². The van der Waals surface area contributed by atoms with Crippen molar-refractivity contribution in [2.75, 3.05) is 0 Å². The number of benzene rings is 2. The number of nitrogens with zero attached hydrogens (tertiary/aromatic N) is 1. The minimum absolute atomic E-state index is 0.0214. The molecule has 0 bridgehead atoms. The van der Waals surface area contributed by atoms with E-state index in [4.69, 9.17) is 21.2 Å². The maximum absolute atomic E-state index is 11.0. The molecule has 1 heterocycles. The number of rotatable bonds is 4. The van der Waals surface area contributed by atoms with E-state index in [2.05, 4.69) is 4.85 Å². The summed E-state index contributed by atoms with van der Waals surface area (Å²) in [5.41, 5.74) is 2.46. The molecule has 0 saturated heterocycles. The first kappa shape index (κ1) is 13.6. The maximum atomic E-state index is 11.0. The molecule has 1 aliphatic carbocycles. The molecule has 0 spiro atoms. The highest BCUT2D eigenvalue weighted by Gasteiger charge is 2.63. The van der Waals surface area contributed by atoms with Crippen LogP contribution in [0.5, 0.6) is 11.5 Å². The molecule has 0 aromatic heterocycles. The Balaban J connectivity index is 1.46. The molecular formula is C18H13NO4. The monoisotopic (exact) mass is 307 g/mol. The average molecular weight is 307 g/mol. The van der Waals surface area contributed by atoms with Crippen molar-refractivity contribution in [3.8, 4) is 11.5 Å². The number of carboxylic acid groups (broad SMARTS) is 1. The molecule has 23 heavy (non-hydrogen) atoms. The molecular weight excluding hydrogens is 294 g/mol. The van der Waals surface area contributed by atoms with Gasteiger partial charge in [-0.3, -0.25) is 4.79 Å². The van der Waals surface area contributed by atoms with Crippen LogP contribution in [0.2, 0.25) is 0 Å². The summed E-state index contributed by atoms with van der Waals surface area (Å²) in [6.45, 7) is 7.38. The third kappa shape index (κ3) is 2.29. The molecule has 1 N–H and O–H groups in total. The van der Waals surface area contributed by atoms with Gasteiger partial charge >= 0.3 is 5.97 Å². The lowest BCUT2D eigenvalue weighted by atomic mass is 10.1. The second-order valence-corrected chi connectivity index (χ2v) is 5.74. The van der Waals surface area contributed by atoms with Crippen molar-refractivity contribution in [2.45, 2.75) is 18.6 Å². The van der Waals surface area contributed by atoms with E-state index in [-0.39, 0.29) is 12.0 Å². The van der Waals surface area contributed by atoms with Gasteiger partial charge in [0.15, 0.2) is 5.69 Å². The van der Waals surface area contributed by atoms with Crippen molar-refractivity contribution in [3.63, 3.8) is 0 Å². The summed E-state index contributed by atoms with van der Waals surface area (Å²) in [6.07, 6.45) is -0.229. The lowest BCUT2D eigenvalue weighted by Crippen LogP contribution is -2.08. The van der Waals surface area contributed by atoms with Crippen LogP contribution in [-0.4, -0.2) is 17.2 Å². The number of fused-ring (bicyclic) bond motifs is 3. The summed E-state index contributed by atoms with van der Waals surface area (Å²) in [6, 6.07) is 12.8. The van der Waals surface area contributed by atoms with Crippen LogP contribution in [-0.2, 0) is 11.4 Å². The minimum Gasteiger partial charge on any atom is -0.489 e. The van der Waals surface area contributed by atoms with Crippen molar-refractivity contribution in [1.29, 1.82) is 0 Å². The van der Waals surface area contributed by atoms with Gasteiger partial charge in [0.05, 0.1) is 6.57 Å². The highest BCUT2D eigenvalue weighted by atomic mass is 16.5. The Labute approximate surface area is 132 Å². The van der Waals surface area contributed by atoms with Crippen molar-refractivity contribution in [1.82, 2.24) is 0 Å². The number of carbonyl (C=O) groups is 1. The summed E-state index contributed by atoms with van der Waals surface area (Å²) in [5.74, 6) is 0.151. The van der Waals surface area contributed by atoms with Gasteiger partial charge in [-0.25, -0.2) is 4.85 Å². The van der Waals surface area contributed by atoms with Crippen LogP contribution < -0.4 is 9.47 Å². The molecule has 0 radical (unpaired) electrons. The summed E-state index contributed by atoms with van der Waals surface area (Å²) in [4.78, 5) is 14.4. The topological polar surface area (TPSA) is 60.1 Å². The quantitative estimate of drug-likeness (QED) is 0.880. The molecule has 2 aliphatic rings. The third-order valence-electron chi connectivity index (χ3n) is 4.29. The number of hydrogen-bond acceptors (Lipinski definition) is 3. The van der Waals surface area contributed by atoms with Crippen molar-refractivity contribution in [3.05, 3.63) is 65.0 Å². The van der Waals surface area contributed by atoms with Crippen LogP contribution in [0, 0.1) is 12.5 Å². The van der Waals surface area contributed by atoms with E-state index in [1.54, 1.807) is 18.2 Å². The molecule has 1 saturated carbocycles. The fourth-order valence-electron chi connectivity index (χ4n) is 3.11. The van der Waals surface area contributed by atoms with Crippen molar-refractivity contribution >= 4 is 11.7 Å². The molecule has 5 heteroatoms. The predicted octanol–water partition coefficient (Wildman–Crippen LogP) is 3.38. The van der Waals surface area contributed by atoms with Gasteiger partial charge in [0.25, 0.3) is 0 Å². The number of ether oxygens (including phenoxy) is 2. The summed E-state index contributed by atoms with van der Waals surface area (Å²) < 4.78 is 11.4. The Morgan fingerprint density at radius 1 is 1.30 bits per heavy atom. The van der Waals surface area contributed by atoms with Gasteiger partial charge in [0, 0.05) is 17.5 Å². The summed E-state index contributed by atoms with van der Waals surface area (Å²) in [7, 11) is 0. The van der Waals surface area contributed by atoms with E-state index in [9.17, 15) is 4.79 Å². The Morgan fingerprint density at radius 2 is 2.17 bits per heavy atom. The zero-order valence-corrected chi connectivity index (χ0v) is 12.1. The lowest BCUT2D eigenvalue weighted by molar-refractivity contribution is -0.139. The fourth-order valence-corrected chi connectivity index (χ4v) is 3.11. The molecule has 0 unspecified atom stereocenters. The first-order chi connectivity index (χ1) is 11.2. The number of hydrogen-bond donors (Lipinski definition) is 1. The van der Waals surface area contributed by atoms with E-state index in [0.29, 0.717) is 23.8 Å². The van der Waals surface area contributed by atoms with Crippen molar-refractivity contribution in [2.24, 2.45) is 5.92 Å². The third-order valence-corrected chi connectivity index (χ3v) is 4.29. The Hall–Kier alpha value is -3.00. The Bertz CT molecular complexity index is 839. The number of aliphatic carboxylic acids is 1. The first-order valence-electron chi connectivity index (χ1n) is 7.30. The number of carboxylic acids is 1. The fraction of sp³-hybridized carbons (Fsp3) is 0.222. The van der Waals surface area contributed by atoms with Gasteiger partial charge in [-0.2, -0.15) is 0 Å². The second kappa shape index (κ2) is 5.03. The minimum atomic E-state index is -0.800. The van der Waals surface area contributed by atoms with E-state index < -0.39 is 11.9 Å². The first-order valence-corrected chi connectivity index (χ1v) is 7.30. The normalized spacial score (nSPS) is 23.2. The molecule has 1 fully saturated rings. The molecule has 114 valence electrons. The van der Waals surface area contributed by atoms with Crippen LogP contribution >= 0.6 is 0 Å². The molecule has 4 rings (SSSR count). The van der Waals surface area contributed by atoms with Gasteiger partial charge in [-0.05, 0) is 17.7 Å². The summed E-state index contributed by atoms with van der Waals surface area (Å²) >= 11 is 0. The van der Waals surface area contributed by atoms with Crippen LogP contribution in [0.15, 0.2) is 42.5 Å². The SMILES string of the molecule is [C-]#[N+]c1cccc(COc2ccc3c(c2)O[C@H]2[C@H](C(=O)O)[C@@H]32)c1. The largest absolute Gasteiger partial charge is 0.489 e. The molecule has 2 aromatic carbocycles. The molecule has 5 nitrogen and oxygen atoms in total. The predicted molar refractivity (Wildman–Crippen MR) is 81.8 cm³/mol. The Kier molecular flexibility index (Phi) is 2.98. The lowest BCUT2D eigenvalue weighted by Gasteiger charge is -2.10. The molecule has 1 aliphatic heterocycles. The Morgan fingerprint density at radius 3 is 2.96 bits per heavy atom. The average Bonchev–Trinajstić information content (AvgIpc) is 3.16. The van der Waals surface area contributed by atoms with Crippen LogP contribution in [0.1, 0.15) is 17.0 Å². The van der Waals surface area contributed by atoms with Gasteiger partial charge in [0.1, 0.15) is 30.1 Å². The van der Waals surface area contributed by atoms with Gasteiger partial charge < -0.3 is 14.6 Å². The highest BCUT2D eigenvalue weighted by Crippen LogP contribution is 2.58. The molecule has 2 aromatic rings. The van der Waals surface area contributed by atoms with E-state index in [1.807, 2.05) is 24.3 Å².